The number of halogens is 1. The molecule has 3 rings (SSSR count). The summed E-state index contributed by atoms with van der Waals surface area (Å²) < 4.78 is 5.57. The molecule has 0 bridgehead atoms. The summed E-state index contributed by atoms with van der Waals surface area (Å²) >= 11 is 5.88. The van der Waals surface area contributed by atoms with Gasteiger partial charge in [-0.1, -0.05) is 11.6 Å². The van der Waals surface area contributed by atoms with Crippen molar-refractivity contribution in [3.63, 3.8) is 0 Å². The Morgan fingerprint density at radius 2 is 2.33 bits per heavy atom. The largest absolute Gasteiger partial charge is 0.377 e. The zero-order chi connectivity index (χ0) is 12.4. The Kier molecular flexibility index (Phi) is 3.68. The Hall–Kier alpha value is -0.840. The minimum atomic E-state index is 0.369. The number of nitrogens with zero attached hydrogens (tertiary/aromatic N) is 2. The average molecular weight is 268 g/mol. The highest BCUT2D eigenvalue weighted by molar-refractivity contribution is 6.30. The molecule has 1 N–H and O–H groups in total. The van der Waals surface area contributed by atoms with Crippen LogP contribution in [0.3, 0.4) is 0 Å². The van der Waals surface area contributed by atoms with Crippen molar-refractivity contribution >= 4 is 17.4 Å². The number of pyridine rings is 1. The molecule has 1 aliphatic carbocycles. The zero-order valence-corrected chi connectivity index (χ0v) is 11.1. The van der Waals surface area contributed by atoms with Gasteiger partial charge in [0, 0.05) is 25.3 Å². The topological polar surface area (TPSA) is 37.4 Å². The smallest absolute Gasteiger partial charge is 0.129 e. The Morgan fingerprint density at radius 3 is 3.06 bits per heavy atom. The molecule has 2 heterocycles. The zero-order valence-electron chi connectivity index (χ0n) is 10.3. The Morgan fingerprint density at radius 1 is 1.44 bits per heavy atom. The summed E-state index contributed by atoms with van der Waals surface area (Å²) in [6, 6.07) is 4.97. The van der Waals surface area contributed by atoms with Crippen LogP contribution in [-0.2, 0) is 4.74 Å². The van der Waals surface area contributed by atoms with E-state index in [0.717, 1.165) is 38.2 Å². The second-order valence-corrected chi connectivity index (χ2v) is 5.38. The molecule has 0 spiro atoms. The van der Waals surface area contributed by atoms with Crippen LogP contribution in [0, 0.1) is 0 Å². The predicted octanol–water partition coefficient (Wildman–Crippen LogP) is 1.69. The van der Waals surface area contributed by atoms with Crippen molar-refractivity contribution in [3.05, 3.63) is 23.4 Å². The lowest BCUT2D eigenvalue weighted by Crippen LogP contribution is -2.51. The van der Waals surface area contributed by atoms with Gasteiger partial charge in [-0.15, -0.1) is 0 Å². The van der Waals surface area contributed by atoms with Crippen molar-refractivity contribution in [2.45, 2.75) is 24.9 Å². The van der Waals surface area contributed by atoms with Crippen LogP contribution in [0.4, 0.5) is 5.82 Å². The number of ether oxygens (including phenoxy) is 1. The van der Waals surface area contributed by atoms with Crippen LogP contribution in [0.15, 0.2) is 18.3 Å². The van der Waals surface area contributed by atoms with E-state index in [9.17, 15) is 0 Å². The fourth-order valence-electron chi connectivity index (χ4n) is 2.25. The summed E-state index contributed by atoms with van der Waals surface area (Å²) in [6.45, 7) is 3.40. The molecular formula is C13H18ClN3O. The van der Waals surface area contributed by atoms with Gasteiger partial charge in [0.05, 0.1) is 24.3 Å². The second-order valence-electron chi connectivity index (χ2n) is 4.94. The lowest BCUT2D eigenvalue weighted by Gasteiger charge is -2.36. The van der Waals surface area contributed by atoms with Gasteiger partial charge in [0.2, 0.25) is 0 Å². The summed E-state index contributed by atoms with van der Waals surface area (Å²) in [6.07, 6.45) is 4.33. The predicted molar refractivity (Wildman–Crippen MR) is 72.2 cm³/mol. The lowest BCUT2D eigenvalue weighted by molar-refractivity contribution is 0.0932. The monoisotopic (exact) mass is 267 g/mol. The van der Waals surface area contributed by atoms with Gasteiger partial charge < -0.3 is 15.0 Å². The van der Waals surface area contributed by atoms with Crippen LogP contribution in [0.25, 0.3) is 0 Å². The average Bonchev–Trinajstić information content (AvgIpc) is 3.22. The summed E-state index contributed by atoms with van der Waals surface area (Å²) in [4.78, 5) is 6.72. The van der Waals surface area contributed by atoms with E-state index >= 15 is 0 Å². The first-order chi connectivity index (χ1) is 8.83. The minimum absolute atomic E-state index is 0.369. The SMILES string of the molecule is Clc1ccc(N2CCOCC2CNC2CC2)nc1. The lowest BCUT2D eigenvalue weighted by atomic mass is 10.2. The van der Waals surface area contributed by atoms with Crippen molar-refractivity contribution in [1.29, 1.82) is 0 Å². The van der Waals surface area contributed by atoms with E-state index < -0.39 is 0 Å². The Labute approximate surface area is 112 Å². The molecule has 0 aromatic carbocycles. The van der Waals surface area contributed by atoms with Crippen LogP contribution in [-0.4, -0.2) is 43.4 Å². The standard InChI is InChI=1S/C13H18ClN3O/c14-10-1-4-13(16-7-10)17-5-6-18-9-12(17)8-15-11-2-3-11/h1,4,7,11-12,15H,2-3,5-6,8-9H2. The minimum Gasteiger partial charge on any atom is -0.377 e. The van der Waals surface area contributed by atoms with Crippen molar-refractivity contribution < 1.29 is 4.74 Å². The van der Waals surface area contributed by atoms with Gasteiger partial charge in [0.15, 0.2) is 0 Å². The molecule has 2 fully saturated rings. The molecule has 98 valence electrons. The number of anilines is 1. The van der Waals surface area contributed by atoms with E-state index in [2.05, 4.69) is 15.2 Å². The summed E-state index contributed by atoms with van der Waals surface area (Å²) in [5, 5.41) is 4.24. The summed E-state index contributed by atoms with van der Waals surface area (Å²) in [5.41, 5.74) is 0. The number of nitrogens with one attached hydrogen (secondary N) is 1. The van der Waals surface area contributed by atoms with Gasteiger partial charge in [-0.2, -0.15) is 0 Å². The van der Waals surface area contributed by atoms with E-state index in [-0.39, 0.29) is 0 Å². The molecule has 5 heteroatoms. The number of hydrogen-bond donors (Lipinski definition) is 1. The highest BCUT2D eigenvalue weighted by atomic mass is 35.5. The summed E-state index contributed by atoms with van der Waals surface area (Å²) in [7, 11) is 0. The third-order valence-electron chi connectivity index (χ3n) is 3.45. The molecule has 1 atom stereocenters. The van der Waals surface area contributed by atoms with E-state index in [1.165, 1.54) is 12.8 Å². The molecule has 1 unspecified atom stereocenters. The fraction of sp³-hybridized carbons (Fsp3) is 0.615. The first-order valence-corrected chi connectivity index (χ1v) is 6.90. The molecule has 1 saturated carbocycles. The molecular weight excluding hydrogens is 250 g/mol. The number of hydrogen-bond acceptors (Lipinski definition) is 4. The maximum atomic E-state index is 5.88. The van der Waals surface area contributed by atoms with Gasteiger partial charge in [0.1, 0.15) is 5.82 Å². The van der Waals surface area contributed by atoms with Gasteiger partial charge in [-0.3, -0.25) is 0 Å². The molecule has 0 amide bonds. The molecule has 18 heavy (non-hydrogen) atoms. The first-order valence-electron chi connectivity index (χ1n) is 6.52. The number of rotatable bonds is 4. The molecule has 1 aromatic heterocycles. The van der Waals surface area contributed by atoms with Crippen molar-refractivity contribution in [1.82, 2.24) is 10.3 Å². The third-order valence-corrected chi connectivity index (χ3v) is 3.68. The van der Waals surface area contributed by atoms with Crippen LogP contribution >= 0.6 is 11.6 Å². The van der Waals surface area contributed by atoms with Crippen LogP contribution in [0.1, 0.15) is 12.8 Å². The van der Waals surface area contributed by atoms with Crippen molar-refractivity contribution in [3.8, 4) is 0 Å². The molecule has 0 radical (unpaired) electrons. The second kappa shape index (κ2) is 5.43. The Bertz CT molecular complexity index is 394. The van der Waals surface area contributed by atoms with Gasteiger partial charge in [0.25, 0.3) is 0 Å². The molecule has 4 nitrogen and oxygen atoms in total. The van der Waals surface area contributed by atoms with Crippen molar-refractivity contribution in [2.24, 2.45) is 0 Å². The molecule has 1 aromatic rings. The first kappa shape index (κ1) is 12.2. The maximum absolute atomic E-state index is 5.88. The van der Waals surface area contributed by atoms with Crippen LogP contribution in [0.5, 0.6) is 0 Å². The Balaban J connectivity index is 1.67. The van der Waals surface area contributed by atoms with E-state index in [1.807, 2.05) is 12.1 Å². The van der Waals surface area contributed by atoms with Gasteiger partial charge in [-0.05, 0) is 25.0 Å². The highest BCUT2D eigenvalue weighted by Crippen LogP contribution is 2.21. The van der Waals surface area contributed by atoms with Gasteiger partial charge >= 0.3 is 0 Å². The van der Waals surface area contributed by atoms with E-state index in [0.29, 0.717) is 11.1 Å². The molecule has 2 aliphatic rings. The third kappa shape index (κ3) is 2.94. The number of morpholine rings is 1. The highest BCUT2D eigenvalue weighted by Gasteiger charge is 2.27. The molecule has 1 aliphatic heterocycles. The van der Waals surface area contributed by atoms with E-state index in [1.54, 1.807) is 6.20 Å². The normalized spacial score (nSPS) is 24.3. The van der Waals surface area contributed by atoms with Crippen molar-refractivity contribution in [2.75, 3.05) is 31.2 Å². The summed E-state index contributed by atoms with van der Waals surface area (Å²) in [5.74, 6) is 0.991. The quantitative estimate of drug-likeness (QED) is 0.901. The van der Waals surface area contributed by atoms with Crippen LogP contribution in [0.2, 0.25) is 5.02 Å². The van der Waals surface area contributed by atoms with Gasteiger partial charge in [-0.25, -0.2) is 4.98 Å². The maximum Gasteiger partial charge on any atom is 0.129 e. The fourth-order valence-corrected chi connectivity index (χ4v) is 2.37. The molecule has 1 saturated heterocycles. The van der Waals surface area contributed by atoms with E-state index in [4.69, 9.17) is 16.3 Å². The number of aromatic nitrogens is 1. The van der Waals surface area contributed by atoms with Crippen LogP contribution < -0.4 is 10.2 Å².